The molecule has 0 aromatic heterocycles. The summed E-state index contributed by atoms with van der Waals surface area (Å²) in [5.74, 6) is -2.08. The van der Waals surface area contributed by atoms with Crippen molar-refractivity contribution >= 4 is 29.2 Å². The number of benzene rings is 1. The molecule has 3 rings (SSSR count). The Kier molecular flexibility index (Phi) is 3.59. The lowest BCUT2D eigenvalue weighted by atomic mass is 10.2. The topological polar surface area (TPSA) is 139 Å². The first-order valence-corrected chi connectivity index (χ1v) is 7.08. The van der Waals surface area contributed by atoms with Gasteiger partial charge in [-0.2, -0.15) is 0 Å². The lowest BCUT2D eigenvalue weighted by Gasteiger charge is -2.29. The minimum atomic E-state index is -1.27. The number of aliphatic carboxylic acids is 1. The minimum absolute atomic E-state index is 0.107. The molecule has 1 fully saturated rings. The van der Waals surface area contributed by atoms with Gasteiger partial charge in [-0.1, -0.05) is 0 Å². The molecular formula is C14H13N3O7. The third-order valence-electron chi connectivity index (χ3n) is 3.94. The predicted molar refractivity (Wildman–Crippen MR) is 78.7 cm³/mol. The van der Waals surface area contributed by atoms with Crippen LogP contribution < -0.4 is 15.0 Å². The van der Waals surface area contributed by atoms with Gasteiger partial charge in [-0.15, -0.1) is 0 Å². The molecule has 1 saturated carbocycles. The second-order valence-electron chi connectivity index (χ2n) is 5.61. The van der Waals surface area contributed by atoms with E-state index >= 15 is 0 Å². The number of carbonyl (C=O) groups excluding carboxylic acids is 2. The number of carboxylic acid groups (broad SMARTS) is 1. The van der Waals surface area contributed by atoms with Crippen molar-refractivity contribution in [1.29, 1.82) is 0 Å². The number of non-ortho nitro benzene ring substituents is 1. The summed E-state index contributed by atoms with van der Waals surface area (Å²) in [6.45, 7) is -0.743. The van der Waals surface area contributed by atoms with Crippen LogP contribution in [0.1, 0.15) is 12.8 Å². The monoisotopic (exact) mass is 335 g/mol. The number of nitro benzene ring substituents is 1. The van der Waals surface area contributed by atoms with Crippen LogP contribution in [0.5, 0.6) is 5.75 Å². The number of hydrogen-bond acceptors (Lipinski definition) is 6. The maximum Gasteiger partial charge on any atom is 0.329 e. The first kappa shape index (κ1) is 15.7. The Labute approximate surface area is 135 Å². The van der Waals surface area contributed by atoms with Crippen molar-refractivity contribution < 1.29 is 29.2 Å². The Hall–Kier alpha value is -3.17. The number of anilines is 1. The van der Waals surface area contributed by atoms with Gasteiger partial charge in [0.2, 0.25) is 5.91 Å². The molecule has 0 saturated heterocycles. The number of fused-ring (bicyclic) bond motifs is 1. The maximum atomic E-state index is 12.1. The summed E-state index contributed by atoms with van der Waals surface area (Å²) in [7, 11) is 0. The fraction of sp³-hybridized carbons (Fsp3) is 0.357. The Balaban J connectivity index is 1.82. The van der Waals surface area contributed by atoms with Crippen LogP contribution in [0, 0.1) is 10.1 Å². The average Bonchev–Trinajstić information content (AvgIpc) is 3.30. The largest absolute Gasteiger partial charge is 0.482 e. The molecule has 2 amide bonds. The molecule has 126 valence electrons. The third kappa shape index (κ3) is 2.73. The molecule has 1 aromatic carbocycles. The molecule has 1 aliphatic carbocycles. The molecule has 0 bridgehead atoms. The van der Waals surface area contributed by atoms with Gasteiger partial charge in [0.25, 0.3) is 11.6 Å². The Morgan fingerprint density at radius 1 is 1.42 bits per heavy atom. The van der Waals surface area contributed by atoms with Crippen LogP contribution in [0.15, 0.2) is 18.2 Å². The van der Waals surface area contributed by atoms with Gasteiger partial charge in [0, 0.05) is 12.1 Å². The van der Waals surface area contributed by atoms with E-state index in [4.69, 9.17) is 9.84 Å². The Morgan fingerprint density at radius 2 is 2.12 bits per heavy atom. The number of carboxylic acids is 1. The second kappa shape index (κ2) is 5.48. The van der Waals surface area contributed by atoms with Gasteiger partial charge in [-0.3, -0.25) is 24.6 Å². The molecule has 2 aliphatic rings. The molecule has 10 heteroatoms. The summed E-state index contributed by atoms with van der Waals surface area (Å²) in [6, 6.07) is 3.73. The lowest BCUT2D eigenvalue weighted by Crippen LogP contribution is -2.50. The minimum Gasteiger partial charge on any atom is -0.482 e. The molecule has 0 atom stereocenters. The van der Waals surface area contributed by atoms with Crippen LogP contribution >= 0.6 is 0 Å². The van der Waals surface area contributed by atoms with E-state index in [9.17, 15) is 24.5 Å². The van der Waals surface area contributed by atoms with E-state index in [1.807, 2.05) is 0 Å². The zero-order valence-corrected chi connectivity index (χ0v) is 12.4. The third-order valence-corrected chi connectivity index (χ3v) is 3.94. The van der Waals surface area contributed by atoms with Crippen LogP contribution in [0.3, 0.4) is 0 Å². The van der Waals surface area contributed by atoms with E-state index in [0.717, 1.165) is 11.0 Å². The highest BCUT2D eigenvalue weighted by Crippen LogP contribution is 2.37. The quantitative estimate of drug-likeness (QED) is 0.572. The first-order valence-electron chi connectivity index (χ1n) is 7.08. The van der Waals surface area contributed by atoms with E-state index in [0.29, 0.717) is 12.8 Å². The van der Waals surface area contributed by atoms with Crippen molar-refractivity contribution in [3.05, 3.63) is 28.3 Å². The van der Waals surface area contributed by atoms with Gasteiger partial charge in [0.1, 0.15) is 17.8 Å². The van der Waals surface area contributed by atoms with Crippen LogP contribution in [0.25, 0.3) is 0 Å². The fourth-order valence-corrected chi connectivity index (χ4v) is 2.44. The number of hydrogen-bond donors (Lipinski definition) is 2. The van der Waals surface area contributed by atoms with E-state index in [1.54, 1.807) is 0 Å². The van der Waals surface area contributed by atoms with E-state index < -0.39 is 34.8 Å². The highest BCUT2D eigenvalue weighted by atomic mass is 16.6. The lowest BCUT2D eigenvalue weighted by molar-refractivity contribution is -0.384. The van der Waals surface area contributed by atoms with Crippen molar-refractivity contribution in [2.75, 3.05) is 18.1 Å². The predicted octanol–water partition coefficient (Wildman–Crippen LogP) is 0.0536. The number of nitrogens with one attached hydrogen (secondary N) is 1. The summed E-state index contributed by atoms with van der Waals surface area (Å²) in [6.07, 6.45) is 0.653. The van der Waals surface area contributed by atoms with E-state index in [1.165, 1.54) is 12.1 Å². The Morgan fingerprint density at radius 3 is 2.71 bits per heavy atom. The van der Waals surface area contributed by atoms with Gasteiger partial charge in [-0.25, -0.2) is 4.79 Å². The SMILES string of the molecule is O=C(CN1C(=O)COc2ccc([N+](=O)[O-])cc21)NC1(C(=O)O)CC1. The van der Waals surface area contributed by atoms with Gasteiger partial charge in [0.05, 0.1) is 10.6 Å². The standard InChI is InChI=1S/C14H13N3O7/c18-11(15-14(3-4-14)13(20)21)6-16-9-5-8(17(22)23)1-2-10(9)24-7-12(16)19/h1-2,5H,3-4,6-7H2,(H,15,18)(H,20,21). The molecule has 1 heterocycles. The summed E-state index contributed by atoms with van der Waals surface area (Å²) < 4.78 is 5.19. The van der Waals surface area contributed by atoms with Crippen molar-refractivity contribution in [3.8, 4) is 5.75 Å². The fourth-order valence-electron chi connectivity index (χ4n) is 2.44. The zero-order valence-electron chi connectivity index (χ0n) is 12.4. The summed E-state index contributed by atoms with van der Waals surface area (Å²) in [5.41, 5.74) is -1.41. The van der Waals surface area contributed by atoms with Crippen LogP contribution in [0.2, 0.25) is 0 Å². The molecule has 0 radical (unpaired) electrons. The molecular weight excluding hydrogens is 322 g/mol. The zero-order chi connectivity index (χ0) is 17.5. The number of nitro groups is 1. The molecule has 0 unspecified atom stereocenters. The van der Waals surface area contributed by atoms with Crippen molar-refractivity contribution in [2.24, 2.45) is 0 Å². The summed E-state index contributed by atoms with van der Waals surface area (Å²) in [4.78, 5) is 46.5. The number of amides is 2. The smallest absolute Gasteiger partial charge is 0.329 e. The number of carbonyl (C=O) groups is 3. The van der Waals surface area contributed by atoms with Crippen molar-refractivity contribution in [1.82, 2.24) is 5.32 Å². The molecule has 2 N–H and O–H groups in total. The molecule has 0 spiro atoms. The summed E-state index contributed by atoms with van der Waals surface area (Å²) in [5, 5.41) is 22.4. The van der Waals surface area contributed by atoms with E-state index in [2.05, 4.69) is 5.32 Å². The van der Waals surface area contributed by atoms with Crippen LogP contribution in [0.4, 0.5) is 11.4 Å². The van der Waals surface area contributed by atoms with E-state index in [-0.39, 0.29) is 23.7 Å². The Bertz CT molecular complexity index is 757. The van der Waals surface area contributed by atoms with Crippen molar-refractivity contribution in [2.45, 2.75) is 18.4 Å². The number of ether oxygens (including phenoxy) is 1. The molecule has 1 aromatic rings. The molecule has 24 heavy (non-hydrogen) atoms. The number of rotatable bonds is 5. The van der Waals surface area contributed by atoms with Gasteiger partial charge < -0.3 is 15.2 Å². The average molecular weight is 335 g/mol. The maximum absolute atomic E-state index is 12.1. The first-order chi connectivity index (χ1) is 11.3. The van der Waals surface area contributed by atoms with Gasteiger partial charge >= 0.3 is 5.97 Å². The van der Waals surface area contributed by atoms with Gasteiger partial charge in [-0.05, 0) is 18.9 Å². The molecule has 10 nitrogen and oxygen atoms in total. The van der Waals surface area contributed by atoms with Gasteiger partial charge in [0.15, 0.2) is 6.61 Å². The van der Waals surface area contributed by atoms with Crippen LogP contribution in [-0.2, 0) is 14.4 Å². The normalized spacial score (nSPS) is 17.5. The van der Waals surface area contributed by atoms with Crippen molar-refractivity contribution in [3.63, 3.8) is 0 Å². The highest BCUT2D eigenvalue weighted by Gasteiger charge is 2.51. The van der Waals surface area contributed by atoms with Crippen LogP contribution in [-0.4, -0.2) is 46.5 Å². The highest BCUT2D eigenvalue weighted by molar-refractivity contribution is 6.03. The second-order valence-corrected chi connectivity index (χ2v) is 5.61. The number of nitrogens with zero attached hydrogens (tertiary/aromatic N) is 2. The summed E-state index contributed by atoms with van der Waals surface area (Å²) >= 11 is 0. The molecule has 1 aliphatic heterocycles.